The summed E-state index contributed by atoms with van der Waals surface area (Å²) in [6.07, 6.45) is 2.32. The lowest BCUT2D eigenvalue weighted by molar-refractivity contribution is -0.547. The summed E-state index contributed by atoms with van der Waals surface area (Å²) in [5, 5.41) is 15.4. The van der Waals surface area contributed by atoms with Gasteiger partial charge in [-0.25, -0.2) is 0 Å². The highest BCUT2D eigenvalue weighted by Crippen LogP contribution is 2.41. The van der Waals surface area contributed by atoms with Crippen molar-refractivity contribution < 1.29 is 4.74 Å². The Bertz CT molecular complexity index is 1160. The summed E-state index contributed by atoms with van der Waals surface area (Å²) in [6.45, 7) is 4.58. The molecule has 2 aliphatic heterocycles. The Morgan fingerprint density at radius 2 is 1.50 bits per heavy atom. The molecule has 3 aromatic rings. The fourth-order valence-corrected chi connectivity index (χ4v) is 5.63. The van der Waals surface area contributed by atoms with Crippen LogP contribution >= 0.6 is 11.8 Å². The molecule has 1 unspecified atom stereocenters. The van der Waals surface area contributed by atoms with Gasteiger partial charge in [0.25, 0.3) is 0 Å². The Labute approximate surface area is 206 Å². The number of rotatable bonds is 5. The maximum atomic E-state index is 14.5. The van der Waals surface area contributed by atoms with Gasteiger partial charge in [0.15, 0.2) is 5.17 Å². The second-order valence-corrected chi connectivity index (χ2v) is 9.78. The summed E-state index contributed by atoms with van der Waals surface area (Å²) in [5.41, 5.74) is 3.49. The Kier molecular flexibility index (Phi) is 6.59. The first-order valence-corrected chi connectivity index (χ1v) is 13.0. The zero-order chi connectivity index (χ0) is 23.4. The largest absolute Gasteiger partial charge is 0.620 e. The molecule has 0 aliphatic carbocycles. The Hall–Kier alpha value is -3.25. The average molecular weight is 471 g/mol. The van der Waals surface area contributed by atoms with E-state index in [-0.39, 0.29) is 0 Å². The zero-order valence-electron chi connectivity index (χ0n) is 19.5. The van der Waals surface area contributed by atoms with Crippen LogP contribution in [0, 0.1) is 5.21 Å². The van der Waals surface area contributed by atoms with Gasteiger partial charge in [-0.05, 0) is 55.0 Å². The summed E-state index contributed by atoms with van der Waals surface area (Å²) < 4.78 is 1.15. The maximum absolute atomic E-state index is 14.5. The monoisotopic (exact) mass is 470 g/mol. The van der Waals surface area contributed by atoms with Crippen LogP contribution in [0.3, 0.4) is 0 Å². The number of thioether (sulfide) groups is 1. The third kappa shape index (κ3) is 4.07. The van der Waals surface area contributed by atoms with E-state index in [9.17, 15) is 5.21 Å². The number of nitrogens with zero attached hydrogens (tertiary/aromatic N) is 4. The summed E-state index contributed by atoms with van der Waals surface area (Å²) in [5.74, 6) is -0.326. The van der Waals surface area contributed by atoms with Crippen LogP contribution in [0.1, 0.15) is 30.9 Å². The quantitative estimate of drug-likeness (QED) is 0.213. The van der Waals surface area contributed by atoms with Crippen molar-refractivity contribution in [1.29, 1.82) is 0 Å². The summed E-state index contributed by atoms with van der Waals surface area (Å²) >= 11 is 1.72. The van der Waals surface area contributed by atoms with Gasteiger partial charge in [-0.3, -0.25) is 4.90 Å². The van der Waals surface area contributed by atoms with E-state index in [0.29, 0.717) is 6.54 Å². The average Bonchev–Trinajstić information content (AvgIpc) is 3.53. The normalized spacial score (nSPS) is 20.9. The van der Waals surface area contributed by atoms with Gasteiger partial charge >= 0.3 is 5.79 Å². The number of benzene rings is 3. The first-order chi connectivity index (χ1) is 16.7. The lowest BCUT2D eigenvalue weighted by Crippen LogP contribution is -2.48. The lowest BCUT2D eigenvalue weighted by Gasteiger charge is -2.35. The van der Waals surface area contributed by atoms with Crippen LogP contribution in [-0.2, 0) is 5.79 Å². The van der Waals surface area contributed by atoms with Crippen molar-refractivity contribution in [1.82, 2.24) is 4.90 Å². The molecule has 1 fully saturated rings. The van der Waals surface area contributed by atoms with E-state index >= 15 is 0 Å². The van der Waals surface area contributed by atoms with E-state index in [4.69, 9.17) is 4.99 Å². The van der Waals surface area contributed by atoms with E-state index in [1.54, 1.807) is 11.8 Å². The molecule has 0 spiro atoms. The molecule has 0 aromatic heterocycles. The standard InChI is InChI=1S/C28H30N4OS/c1-2-34-27(30-20-12-13-21-30)29-28(24-16-8-4-9-17-24)31(25-18-10-5-11-19-25)22-26(32(28)33)23-14-6-3-7-15-23/h3-11,14-19H,2,12-13,20-22H2,1H3/b29-27+. The summed E-state index contributed by atoms with van der Waals surface area (Å²) in [7, 11) is 0. The molecule has 5 nitrogen and oxygen atoms in total. The highest BCUT2D eigenvalue weighted by atomic mass is 32.2. The molecule has 1 saturated heterocycles. The molecule has 0 N–H and O–H groups in total. The first-order valence-electron chi connectivity index (χ1n) is 12.0. The van der Waals surface area contributed by atoms with Crippen LogP contribution in [0.2, 0.25) is 0 Å². The van der Waals surface area contributed by atoms with Crippen molar-refractivity contribution in [3.8, 4) is 0 Å². The Morgan fingerprint density at radius 1 is 0.912 bits per heavy atom. The molecule has 174 valence electrons. The third-order valence-electron chi connectivity index (χ3n) is 6.45. The molecule has 0 saturated carbocycles. The van der Waals surface area contributed by atoms with Gasteiger partial charge in [0, 0.05) is 24.3 Å². The topological polar surface area (TPSA) is 44.9 Å². The van der Waals surface area contributed by atoms with E-state index < -0.39 is 5.79 Å². The molecule has 0 bridgehead atoms. The van der Waals surface area contributed by atoms with Gasteiger partial charge in [-0.2, -0.15) is 9.73 Å². The smallest absolute Gasteiger partial charge is 0.379 e. The number of para-hydroxylation sites is 1. The molecule has 6 heteroatoms. The van der Waals surface area contributed by atoms with Crippen LogP contribution in [0.5, 0.6) is 0 Å². The fraction of sp³-hybridized carbons (Fsp3) is 0.286. The predicted octanol–water partition coefficient (Wildman–Crippen LogP) is 5.52. The zero-order valence-corrected chi connectivity index (χ0v) is 20.3. The second-order valence-electron chi connectivity index (χ2n) is 8.55. The maximum Gasteiger partial charge on any atom is 0.379 e. The minimum absolute atomic E-state index is 0.472. The number of likely N-dealkylation sites (tertiary alicyclic amines) is 1. The molecule has 0 radical (unpaired) electrons. The van der Waals surface area contributed by atoms with E-state index in [0.717, 1.165) is 64.1 Å². The number of hydrogen-bond donors (Lipinski definition) is 0. The number of amidine groups is 1. The summed E-state index contributed by atoms with van der Waals surface area (Å²) in [4.78, 5) is 9.89. The van der Waals surface area contributed by atoms with E-state index in [2.05, 4.69) is 28.9 Å². The number of hydroxylamine groups is 1. The van der Waals surface area contributed by atoms with Crippen LogP contribution in [-0.4, -0.2) is 45.9 Å². The molecule has 1 atom stereocenters. The van der Waals surface area contributed by atoms with Gasteiger partial charge in [-0.1, -0.05) is 73.3 Å². The SMILES string of the molecule is CCS/C(=N/C1(c2ccccc2)N(c2ccccc2)CC(c2ccccc2)=[N+]1[O-])N1CCCC1. The molecular weight excluding hydrogens is 440 g/mol. The molecule has 0 amide bonds. The lowest BCUT2D eigenvalue weighted by atomic mass is 10.1. The van der Waals surface area contributed by atoms with Gasteiger partial charge in [0.2, 0.25) is 5.71 Å². The number of hydrogen-bond acceptors (Lipinski definition) is 4. The van der Waals surface area contributed by atoms with Crippen molar-refractivity contribution in [3.63, 3.8) is 0 Å². The summed E-state index contributed by atoms with van der Waals surface area (Å²) in [6, 6.07) is 30.2. The number of anilines is 1. The molecule has 2 heterocycles. The van der Waals surface area contributed by atoms with Crippen LogP contribution in [0.15, 0.2) is 96.0 Å². The van der Waals surface area contributed by atoms with E-state index in [1.165, 1.54) is 0 Å². The minimum atomic E-state index is -1.23. The second kappa shape index (κ2) is 9.94. The molecule has 3 aromatic carbocycles. The van der Waals surface area contributed by atoms with Crippen molar-refractivity contribution in [3.05, 3.63) is 107 Å². The fourth-order valence-electron chi connectivity index (χ4n) is 4.81. The van der Waals surface area contributed by atoms with Crippen LogP contribution in [0.4, 0.5) is 5.69 Å². The highest BCUT2D eigenvalue weighted by Gasteiger charge is 2.55. The Morgan fingerprint density at radius 3 is 2.12 bits per heavy atom. The van der Waals surface area contributed by atoms with Gasteiger partial charge < -0.3 is 10.1 Å². The van der Waals surface area contributed by atoms with Gasteiger partial charge in [0.05, 0.1) is 5.56 Å². The highest BCUT2D eigenvalue weighted by molar-refractivity contribution is 8.13. The minimum Gasteiger partial charge on any atom is -0.620 e. The molecule has 5 rings (SSSR count). The predicted molar refractivity (Wildman–Crippen MR) is 142 cm³/mol. The van der Waals surface area contributed by atoms with Crippen molar-refractivity contribution in [2.24, 2.45) is 4.99 Å². The van der Waals surface area contributed by atoms with Gasteiger partial charge in [-0.15, -0.1) is 0 Å². The van der Waals surface area contributed by atoms with Crippen molar-refractivity contribution in [2.45, 2.75) is 25.6 Å². The van der Waals surface area contributed by atoms with Crippen LogP contribution in [0.25, 0.3) is 0 Å². The Balaban J connectivity index is 1.78. The molecular formula is C28H30N4OS. The third-order valence-corrected chi connectivity index (χ3v) is 7.35. The van der Waals surface area contributed by atoms with Crippen LogP contribution < -0.4 is 4.90 Å². The van der Waals surface area contributed by atoms with Crippen molar-refractivity contribution in [2.75, 3.05) is 30.3 Å². The first kappa shape index (κ1) is 22.5. The molecule has 2 aliphatic rings. The van der Waals surface area contributed by atoms with Crippen molar-refractivity contribution >= 4 is 28.3 Å². The molecule has 34 heavy (non-hydrogen) atoms. The van der Waals surface area contributed by atoms with Gasteiger partial charge in [0.1, 0.15) is 6.54 Å². The number of aliphatic imine (C=N–C) groups is 1. The van der Waals surface area contributed by atoms with E-state index in [1.807, 2.05) is 78.9 Å².